The first kappa shape index (κ1) is 26.9. The summed E-state index contributed by atoms with van der Waals surface area (Å²) in [5.74, 6) is 1.18. The van der Waals surface area contributed by atoms with E-state index in [1.807, 2.05) is 53.4 Å². The van der Waals surface area contributed by atoms with Crippen molar-refractivity contribution in [3.05, 3.63) is 72.8 Å². The summed E-state index contributed by atoms with van der Waals surface area (Å²) in [6.45, 7) is 0.652. The van der Waals surface area contributed by atoms with Crippen molar-refractivity contribution >= 4 is 21.3 Å². The van der Waals surface area contributed by atoms with Crippen molar-refractivity contribution in [3.8, 4) is 17.2 Å². The molecule has 6 rings (SSSR count). The first-order valence-corrected chi connectivity index (χ1v) is 14.5. The Balaban J connectivity index is 1.34. The second-order valence-corrected chi connectivity index (χ2v) is 12.0. The molecule has 0 radical (unpaired) electrons. The van der Waals surface area contributed by atoms with Gasteiger partial charge < -0.3 is 24.2 Å². The number of nitrogens with one attached hydrogen (secondary N) is 1. The molecule has 8 nitrogen and oxygen atoms in total. The number of alkyl halides is 3. The molecule has 2 heterocycles. The Morgan fingerprint density at radius 2 is 1.60 bits per heavy atom. The summed E-state index contributed by atoms with van der Waals surface area (Å²) in [6.07, 6.45) is -3.93. The number of aliphatic hydroxyl groups excluding tert-OH is 1. The average molecular weight is 576 g/mol. The van der Waals surface area contributed by atoms with Crippen molar-refractivity contribution in [2.75, 3.05) is 24.7 Å². The molecule has 2 aliphatic heterocycles. The Morgan fingerprint density at radius 1 is 0.975 bits per heavy atom. The fraction of sp³-hybridized carbons (Fsp3) is 0.357. The van der Waals surface area contributed by atoms with Crippen LogP contribution < -0.4 is 19.1 Å². The van der Waals surface area contributed by atoms with Crippen LogP contribution in [0.4, 0.5) is 24.5 Å². The number of fused-ring (bicyclic) bond motifs is 2. The molecule has 3 aromatic rings. The Morgan fingerprint density at radius 3 is 2.20 bits per heavy atom. The third-order valence-corrected chi connectivity index (χ3v) is 9.13. The number of hydrogen-bond acceptors (Lipinski definition) is 7. The highest BCUT2D eigenvalue weighted by atomic mass is 32.2. The molecule has 1 unspecified atom stereocenters. The predicted molar refractivity (Wildman–Crippen MR) is 142 cm³/mol. The van der Waals surface area contributed by atoms with E-state index >= 15 is 0 Å². The number of anilines is 2. The van der Waals surface area contributed by atoms with E-state index in [9.17, 15) is 22.5 Å². The number of hydrogen-bond donors (Lipinski definition) is 2. The summed E-state index contributed by atoms with van der Waals surface area (Å²) in [5, 5.41) is 11.6. The van der Waals surface area contributed by atoms with Crippen molar-refractivity contribution in [1.29, 1.82) is 0 Å². The van der Waals surface area contributed by atoms with E-state index in [-0.39, 0.29) is 18.1 Å². The van der Waals surface area contributed by atoms with E-state index in [2.05, 4.69) is 13.8 Å². The molecule has 0 bridgehead atoms. The van der Waals surface area contributed by atoms with Crippen LogP contribution in [0.5, 0.6) is 17.2 Å². The molecule has 1 saturated heterocycles. The lowest BCUT2D eigenvalue weighted by atomic mass is 9.98. The van der Waals surface area contributed by atoms with E-state index in [0.717, 1.165) is 36.3 Å². The van der Waals surface area contributed by atoms with Crippen molar-refractivity contribution in [1.82, 2.24) is 4.72 Å². The summed E-state index contributed by atoms with van der Waals surface area (Å²) in [4.78, 5) is 2.16. The van der Waals surface area contributed by atoms with Gasteiger partial charge in [0.15, 0.2) is 11.5 Å². The minimum atomic E-state index is -4.84. The van der Waals surface area contributed by atoms with E-state index in [1.54, 1.807) is 0 Å². The van der Waals surface area contributed by atoms with Gasteiger partial charge in [-0.05, 0) is 67.3 Å². The molecule has 1 saturated carbocycles. The molecule has 2 fully saturated rings. The maximum absolute atomic E-state index is 14.3. The molecule has 212 valence electrons. The zero-order chi connectivity index (χ0) is 27.9. The summed E-state index contributed by atoms with van der Waals surface area (Å²) in [6, 6.07) is 18.3. The standard InChI is InChI=1S/C28H28F3N3O5S/c29-28(30,31)39-19-11-13-20(14-12-19)40(36,32-15-18-9-10-18)33-21-16-37-17-24(27(21)35)34-22-5-1-3-7-25(22)38-26-8-4-2-6-23(26)34/h1-8,11-14,18,21,24,27,35H,9-10,15-17H2,(H,32,33,36)/t21-,24+,27+,40?/m1/s1. The molecule has 3 aromatic carbocycles. The van der Waals surface area contributed by atoms with Gasteiger partial charge in [-0.25, -0.2) is 13.3 Å². The van der Waals surface area contributed by atoms with Crippen LogP contribution in [0.3, 0.4) is 0 Å². The predicted octanol–water partition coefficient (Wildman–Crippen LogP) is 5.40. The molecule has 4 atom stereocenters. The summed E-state index contributed by atoms with van der Waals surface area (Å²) in [5.41, 5.74) is 1.50. The Kier molecular flexibility index (Phi) is 7.11. The fourth-order valence-corrected chi connectivity index (χ4v) is 6.82. The normalized spacial score (nSPS) is 23.8. The van der Waals surface area contributed by atoms with Gasteiger partial charge in [0.1, 0.15) is 27.8 Å². The summed E-state index contributed by atoms with van der Waals surface area (Å²) in [7, 11) is -3.34. The highest BCUT2D eigenvalue weighted by Crippen LogP contribution is 2.48. The monoisotopic (exact) mass is 575 g/mol. The molecular formula is C28H28F3N3O5S. The largest absolute Gasteiger partial charge is 0.573 e. The molecule has 0 amide bonds. The van der Waals surface area contributed by atoms with E-state index in [0.29, 0.717) is 24.0 Å². The third kappa shape index (κ3) is 5.62. The minimum absolute atomic E-state index is 0.0304. The van der Waals surface area contributed by atoms with Crippen molar-refractivity contribution in [2.24, 2.45) is 10.3 Å². The maximum Gasteiger partial charge on any atom is 0.573 e. The number of aliphatic hydroxyl groups is 1. The lowest BCUT2D eigenvalue weighted by molar-refractivity contribution is -0.274. The van der Waals surface area contributed by atoms with Crippen LogP contribution in [0, 0.1) is 5.92 Å². The van der Waals surface area contributed by atoms with Gasteiger partial charge in [0.25, 0.3) is 0 Å². The molecular weight excluding hydrogens is 547 g/mol. The maximum atomic E-state index is 14.3. The van der Waals surface area contributed by atoms with Gasteiger partial charge in [-0.2, -0.15) is 0 Å². The molecule has 40 heavy (non-hydrogen) atoms. The van der Waals surface area contributed by atoms with Gasteiger partial charge in [0, 0.05) is 6.54 Å². The zero-order valence-electron chi connectivity index (χ0n) is 21.3. The molecule has 12 heteroatoms. The van der Waals surface area contributed by atoms with Crippen LogP contribution in [0.1, 0.15) is 12.8 Å². The quantitative estimate of drug-likeness (QED) is 0.392. The Labute approximate surface area is 230 Å². The van der Waals surface area contributed by atoms with Crippen LogP contribution in [0.25, 0.3) is 0 Å². The van der Waals surface area contributed by atoms with Crippen LogP contribution in [0.2, 0.25) is 0 Å². The van der Waals surface area contributed by atoms with Crippen molar-refractivity contribution in [3.63, 3.8) is 0 Å². The Hall–Kier alpha value is -3.32. The van der Waals surface area contributed by atoms with Gasteiger partial charge in [0.2, 0.25) is 0 Å². The van der Waals surface area contributed by atoms with E-state index in [1.165, 1.54) is 12.1 Å². The smallest absolute Gasteiger partial charge is 0.453 e. The van der Waals surface area contributed by atoms with Crippen molar-refractivity contribution in [2.45, 2.75) is 42.3 Å². The molecule has 0 spiro atoms. The Bertz CT molecular complexity index is 1440. The second-order valence-electron chi connectivity index (χ2n) is 10.0. The van der Waals surface area contributed by atoms with Crippen LogP contribution >= 0.6 is 0 Å². The third-order valence-electron chi connectivity index (χ3n) is 7.09. The minimum Gasteiger partial charge on any atom is -0.453 e. The van der Waals surface area contributed by atoms with E-state index < -0.39 is 40.2 Å². The van der Waals surface area contributed by atoms with Crippen LogP contribution in [0.15, 0.2) is 82.1 Å². The fourth-order valence-electron chi connectivity index (χ4n) is 4.92. The van der Waals surface area contributed by atoms with E-state index in [4.69, 9.17) is 9.47 Å². The molecule has 1 aliphatic carbocycles. The topological polar surface area (TPSA) is 92.6 Å². The van der Waals surface area contributed by atoms with Crippen molar-refractivity contribution < 1.29 is 36.7 Å². The van der Waals surface area contributed by atoms with Gasteiger partial charge in [0.05, 0.1) is 35.5 Å². The number of rotatable bonds is 7. The number of ether oxygens (including phenoxy) is 3. The second kappa shape index (κ2) is 10.6. The van der Waals surface area contributed by atoms with Gasteiger partial charge in [-0.15, -0.1) is 13.2 Å². The van der Waals surface area contributed by atoms with Gasteiger partial charge in [-0.1, -0.05) is 24.3 Å². The SMILES string of the molecule is O=S(=N[C@@H]1COC[C@H](N2c3ccccc3Oc3ccccc32)[C@H]1O)(NCC1CC1)c1ccc(OC(F)(F)F)cc1. The highest BCUT2D eigenvalue weighted by molar-refractivity contribution is 7.91. The number of halogens is 3. The zero-order valence-corrected chi connectivity index (χ0v) is 22.1. The first-order chi connectivity index (χ1) is 19.2. The molecule has 2 N–H and O–H groups in total. The molecule has 0 aromatic heterocycles. The number of para-hydroxylation sites is 4. The lowest BCUT2D eigenvalue weighted by Crippen LogP contribution is -2.55. The number of benzene rings is 3. The highest BCUT2D eigenvalue weighted by Gasteiger charge is 2.41. The van der Waals surface area contributed by atoms with Crippen LogP contribution in [-0.2, 0) is 14.7 Å². The first-order valence-electron chi connectivity index (χ1n) is 13.0. The average Bonchev–Trinajstić information content (AvgIpc) is 3.76. The molecule has 3 aliphatic rings. The lowest BCUT2D eigenvalue weighted by Gasteiger charge is -2.43. The van der Waals surface area contributed by atoms with Crippen LogP contribution in [-0.4, -0.2) is 53.6 Å². The van der Waals surface area contributed by atoms with Gasteiger partial charge in [-0.3, -0.25) is 0 Å². The summed E-state index contributed by atoms with van der Waals surface area (Å²) < 4.78 is 75.8. The summed E-state index contributed by atoms with van der Waals surface area (Å²) >= 11 is 0. The number of nitrogens with zero attached hydrogens (tertiary/aromatic N) is 2. The van der Waals surface area contributed by atoms with Gasteiger partial charge >= 0.3 is 6.36 Å².